The van der Waals surface area contributed by atoms with Gasteiger partial charge < -0.3 is 14.8 Å². The van der Waals surface area contributed by atoms with Crippen molar-refractivity contribution in [3.05, 3.63) is 40.2 Å². The fourth-order valence-electron chi connectivity index (χ4n) is 1.91. The number of hydrogen-bond acceptors (Lipinski definition) is 5. The third kappa shape index (κ3) is 2.80. The fraction of sp³-hybridized carbons (Fsp3) is 0.286. The SMILES string of the molecule is CNCc1cc(-c2ccc(OC)c(OC)c2)n[nH]c1=O. The summed E-state index contributed by atoms with van der Waals surface area (Å²) in [6.07, 6.45) is 0. The average Bonchev–Trinajstić information content (AvgIpc) is 2.49. The van der Waals surface area contributed by atoms with Crippen molar-refractivity contribution >= 4 is 0 Å². The molecule has 0 bridgehead atoms. The first-order chi connectivity index (χ1) is 9.69. The molecule has 6 heteroatoms. The molecule has 106 valence electrons. The van der Waals surface area contributed by atoms with E-state index in [1.165, 1.54) is 0 Å². The van der Waals surface area contributed by atoms with Gasteiger partial charge in [0.25, 0.3) is 5.56 Å². The van der Waals surface area contributed by atoms with Crippen molar-refractivity contribution in [3.8, 4) is 22.8 Å². The number of rotatable bonds is 5. The Bertz CT molecular complexity index is 652. The molecule has 0 fully saturated rings. The zero-order valence-electron chi connectivity index (χ0n) is 11.7. The summed E-state index contributed by atoms with van der Waals surface area (Å²) < 4.78 is 10.5. The molecule has 1 aromatic heterocycles. The lowest BCUT2D eigenvalue weighted by atomic mass is 10.1. The minimum atomic E-state index is -0.191. The zero-order valence-corrected chi connectivity index (χ0v) is 11.7. The number of benzene rings is 1. The van der Waals surface area contributed by atoms with Crippen LogP contribution >= 0.6 is 0 Å². The van der Waals surface area contributed by atoms with Crippen LogP contribution in [0.5, 0.6) is 11.5 Å². The highest BCUT2D eigenvalue weighted by Gasteiger charge is 2.09. The van der Waals surface area contributed by atoms with Gasteiger partial charge in [-0.05, 0) is 31.3 Å². The lowest BCUT2D eigenvalue weighted by Crippen LogP contribution is -2.19. The molecule has 0 saturated carbocycles. The third-order valence-electron chi connectivity index (χ3n) is 2.93. The van der Waals surface area contributed by atoms with Crippen LogP contribution in [0.25, 0.3) is 11.3 Å². The monoisotopic (exact) mass is 275 g/mol. The van der Waals surface area contributed by atoms with Crippen LogP contribution in [0, 0.1) is 0 Å². The van der Waals surface area contributed by atoms with Gasteiger partial charge in [-0.25, -0.2) is 5.10 Å². The molecule has 1 heterocycles. The Morgan fingerprint density at radius 2 is 1.95 bits per heavy atom. The number of aromatic nitrogens is 2. The predicted molar refractivity (Wildman–Crippen MR) is 76.2 cm³/mol. The number of nitrogens with one attached hydrogen (secondary N) is 2. The smallest absolute Gasteiger partial charge is 0.268 e. The molecule has 2 N–H and O–H groups in total. The number of nitrogens with zero attached hydrogens (tertiary/aromatic N) is 1. The predicted octanol–water partition coefficient (Wildman–Crippen LogP) is 1.17. The summed E-state index contributed by atoms with van der Waals surface area (Å²) in [5.74, 6) is 1.27. The van der Waals surface area contributed by atoms with Gasteiger partial charge in [-0.1, -0.05) is 0 Å². The van der Waals surface area contributed by atoms with Crippen LogP contribution < -0.4 is 20.3 Å². The Morgan fingerprint density at radius 3 is 2.60 bits per heavy atom. The first-order valence-corrected chi connectivity index (χ1v) is 6.15. The number of ether oxygens (including phenoxy) is 2. The molecule has 1 aromatic carbocycles. The highest BCUT2D eigenvalue weighted by atomic mass is 16.5. The summed E-state index contributed by atoms with van der Waals surface area (Å²) in [7, 11) is 4.95. The maximum atomic E-state index is 11.6. The first-order valence-electron chi connectivity index (χ1n) is 6.15. The summed E-state index contributed by atoms with van der Waals surface area (Å²) in [6, 6.07) is 7.25. The van der Waals surface area contributed by atoms with Crippen LogP contribution in [0.15, 0.2) is 29.1 Å². The zero-order chi connectivity index (χ0) is 14.5. The molecule has 2 aromatic rings. The van der Waals surface area contributed by atoms with Gasteiger partial charge in [0.15, 0.2) is 11.5 Å². The van der Waals surface area contributed by atoms with E-state index in [1.807, 2.05) is 12.1 Å². The minimum Gasteiger partial charge on any atom is -0.493 e. The molecule has 0 aliphatic rings. The van der Waals surface area contributed by atoms with Gasteiger partial charge in [-0.3, -0.25) is 4.79 Å². The molecule has 2 rings (SSSR count). The van der Waals surface area contributed by atoms with Gasteiger partial charge in [0.1, 0.15) is 0 Å². The molecule has 0 amide bonds. The second-order valence-corrected chi connectivity index (χ2v) is 4.21. The quantitative estimate of drug-likeness (QED) is 0.856. The lowest BCUT2D eigenvalue weighted by molar-refractivity contribution is 0.355. The van der Waals surface area contributed by atoms with Crippen LogP contribution in [-0.4, -0.2) is 31.5 Å². The second-order valence-electron chi connectivity index (χ2n) is 4.21. The van der Waals surface area contributed by atoms with Gasteiger partial charge in [-0.2, -0.15) is 5.10 Å². The van der Waals surface area contributed by atoms with E-state index in [2.05, 4.69) is 15.5 Å². The van der Waals surface area contributed by atoms with E-state index in [9.17, 15) is 4.79 Å². The fourth-order valence-corrected chi connectivity index (χ4v) is 1.91. The van der Waals surface area contributed by atoms with E-state index in [0.717, 1.165) is 5.56 Å². The number of H-pyrrole nitrogens is 1. The first kappa shape index (κ1) is 14.1. The highest BCUT2D eigenvalue weighted by molar-refractivity contribution is 5.64. The standard InChI is InChI=1S/C14H17N3O3/c1-15-8-10-6-11(16-17-14(10)18)9-4-5-12(19-2)13(7-9)20-3/h4-7,15H,8H2,1-3H3,(H,17,18). The maximum absolute atomic E-state index is 11.6. The van der Waals surface area contributed by atoms with Gasteiger partial charge in [-0.15, -0.1) is 0 Å². The number of aromatic amines is 1. The van der Waals surface area contributed by atoms with Gasteiger partial charge in [0, 0.05) is 17.7 Å². The van der Waals surface area contributed by atoms with Crippen molar-refractivity contribution in [3.63, 3.8) is 0 Å². The molecule has 0 radical (unpaired) electrons. The van der Waals surface area contributed by atoms with Crippen molar-refractivity contribution in [1.29, 1.82) is 0 Å². The van der Waals surface area contributed by atoms with Gasteiger partial charge in [0.05, 0.1) is 19.9 Å². The van der Waals surface area contributed by atoms with E-state index in [1.54, 1.807) is 33.4 Å². The van der Waals surface area contributed by atoms with Crippen LogP contribution in [0.1, 0.15) is 5.56 Å². The summed E-state index contributed by atoms with van der Waals surface area (Å²) in [6.45, 7) is 0.484. The molecule has 20 heavy (non-hydrogen) atoms. The second kappa shape index (κ2) is 6.21. The summed E-state index contributed by atoms with van der Waals surface area (Å²) in [5, 5.41) is 9.51. The van der Waals surface area contributed by atoms with Crippen molar-refractivity contribution in [2.24, 2.45) is 0 Å². The molecule has 0 aliphatic heterocycles. The van der Waals surface area contributed by atoms with E-state index < -0.39 is 0 Å². The Hall–Kier alpha value is -2.34. The van der Waals surface area contributed by atoms with E-state index >= 15 is 0 Å². The van der Waals surface area contributed by atoms with Crippen LogP contribution in [0.2, 0.25) is 0 Å². The Morgan fingerprint density at radius 1 is 1.20 bits per heavy atom. The Balaban J connectivity index is 2.46. The van der Waals surface area contributed by atoms with E-state index in [4.69, 9.17) is 9.47 Å². The van der Waals surface area contributed by atoms with Crippen LogP contribution in [-0.2, 0) is 6.54 Å². The third-order valence-corrected chi connectivity index (χ3v) is 2.93. The normalized spacial score (nSPS) is 10.3. The van der Waals surface area contributed by atoms with Gasteiger partial charge in [0.2, 0.25) is 0 Å². The largest absolute Gasteiger partial charge is 0.493 e. The molecular formula is C14H17N3O3. The van der Waals surface area contributed by atoms with Crippen molar-refractivity contribution in [2.75, 3.05) is 21.3 Å². The average molecular weight is 275 g/mol. The van der Waals surface area contributed by atoms with E-state index in [0.29, 0.717) is 29.3 Å². The van der Waals surface area contributed by atoms with Crippen molar-refractivity contribution in [1.82, 2.24) is 15.5 Å². The summed E-state index contributed by atoms with van der Waals surface area (Å²) in [4.78, 5) is 11.6. The lowest BCUT2D eigenvalue weighted by Gasteiger charge is -2.09. The summed E-state index contributed by atoms with van der Waals surface area (Å²) >= 11 is 0. The van der Waals surface area contributed by atoms with Crippen molar-refractivity contribution in [2.45, 2.75) is 6.54 Å². The number of methoxy groups -OCH3 is 2. The van der Waals surface area contributed by atoms with E-state index in [-0.39, 0.29) is 5.56 Å². The van der Waals surface area contributed by atoms with Gasteiger partial charge >= 0.3 is 0 Å². The maximum Gasteiger partial charge on any atom is 0.268 e. The summed E-state index contributed by atoms with van der Waals surface area (Å²) in [5.41, 5.74) is 1.96. The molecule has 0 unspecified atom stereocenters. The molecule has 0 saturated heterocycles. The highest BCUT2D eigenvalue weighted by Crippen LogP contribution is 2.31. The van der Waals surface area contributed by atoms with Crippen LogP contribution in [0.4, 0.5) is 0 Å². The Labute approximate surface area is 116 Å². The molecule has 0 aliphatic carbocycles. The molecule has 6 nitrogen and oxygen atoms in total. The number of hydrogen-bond donors (Lipinski definition) is 2. The minimum absolute atomic E-state index is 0.191. The molecule has 0 atom stereocenters. The van der Waals surface area contributed by atoms with Crippen molar-refractivity contribution < 1.29 is 9.47 Å². The molecule has 0 spiro atoms. The Kier molecular flexibility index (Phi) is 4.37. The molecular weight excluding hydrogens is 258 g/mol. The topological polar surface area (TPSA) is 76.2 Å². The van der Waals surface area contributed by atoms with Crippen LogP contribution in [0.3, 0.4) is 0 Å².